The quantitative estimate of drug-likeness (QED) is 0.436. The molecule has 0 bridgehead atoms. The first kappa shape index (κ1) is 17.3. The van der Waals surface area contributed by atoms with E-state index in [0.29, 0.717) is 12.1 Å². The highest BCUT2D eigenvalue weighted by molar-refractivity contribution is 5.45. The summed E-state index contributed by atoms with van der Waals surface area (Å²) in [5, 5.41) is 23.8. The van der Waals surface area contributed by atoms with E-state index in [-0.39, 0.29) is 18.0 Å². The minimum atomic E-state index is -1.16. The van der Waals surface area contributed by atoms with Gasteiger partial charge in [-0.3, -0.25) is 10.1 Å². The lowest BCUT2D eigenvalue weighted by Gasteiger charge is -2.24. The molecule has 0 aromatic heterocycles. The Morgan fingerprint density at radius 1 is 1.52 bits per heavy atom. The highest BCUT2D eigenvalue weighted by Gasteiger charge is 2.23. The van der Waals surface area contributed by atoms with E-state index in [2.05, 4.69) is 5.32 Å². The Balaban J connectivity index is 2.71. The Kier molecular flexibility index (Phi) is 6.04. The number of hydrogen-bond acceptors (Lipinski definition) is 5. The molecule has 1 atom stereocenters. The summed E-state index contributed by atoms with van der Waals surface area (Å²) < 4.78 is 19.0. The second kappa shape index (κ2) is 7.33. The molecule has 1 unspecified atom stereocenters. The van der Waals surface area contributed by atoms with Crippen molar-refractivity contribution in [3.63, 3.8) is 0 Å². The van der Waals surface area contributed by atoms with Crippen molar-refractivity contribution in [1.29, 1.82) is 0 Å². The van der Waals surface area contributed by atoms with E-state index < -0.39 is 16.3 Å². The second-order valence-corrected chi connectivity index (χ2v) is 5.29. The molecule has 21 heavy (non-hydrogen) atoms. The van der Waals surface area contributed by atoms with Gasteiger partial charge in [0.15, 0.2) is 11.6 Å². The largest absolute Gasteiger partial charge is 0.487 e. The molecule has 0 amide bonds. The molecule has 1 aromatic rings. The first-order valence-electron chi connectivity index (χ1n) is 6.77. The molecule has 0 aliphatic rings. The highest BCUT2D eigenvalue weighted by Crippen LogP contribution is 2.27. The molecule has 7 heteroatoms. The standard InChI is InChI=1S/C14H21FN2O4/c1-4-5-16-8-14(3,18)9-21-13-6-10(2)12(17(19)20)7-11(13)15/h6-7,16,18H,4-5,8-9H2,1-3H3. The number of aliphatic hydroxyl groups is 1. The Bertz CT molecular complexity index is 506. The summed E-state index contributed by atoms with van der Waals surface area (Å²) in [6, 6.07) is 2.09. The molecule has 0 spiro atoms. The minimum Gasteiger partial charge on any atom is -0.487 e. The normalized spacial score (nSPS) is 13.8. The number of nitrogens with one attached hydrogen (secondary N) is 1. The van der Waals surface area contributed by atoms with Gasteiger partial charge in [-0.2, -0.15) is 0 Å². The van der Waals surface area contributed by atoms with E-state index >= 15 is 0 Å². The monoisotopic (exact) mass is 300 g/mol. The van der Waals surface area contributed by atoms with E-state index in [9.17, 15) is 19.6 Å². The van der Waals surface area contributed by atoms with Crippen molar-refractivity contribution in [1.82, 2.24) is 5.32 Å². The molecule has 1 aromatic carbocycles. The second-order valence-electron chi connectivity index (χ2n) is 5.29. The maximum Gasteiger partial charge on any atom is 0.275 e. The Labute approximate surface area is 123 Å². The number of benzene rings is 1. The van der Waals surface area contributed by atoms with Crippen LogP contribution < -0.4 is 10.1 Å². The van der Waals surface area contributed by atoms with E-state index in [1.54, 1.807) is 6.92 Å². The van der Waals surface area contributed by atoms with Gasteiger partial charge in [0.05, 0.1) is 11.0 Å². The van der Waals surface area contributed by atoms with Gasteiger partial charge >= 0.3 is 0 Å². The molecule has 2 N–H and O–H groups in total. The molecule has 6 nitrogen and oxygen atoms in total. The summed E-state index contributed by atoms with van der Waals surface area (Å²) in [7, 11) is 0. The topological polar surface area (TPSA) is 84.6 Å². The predicted octanol–water partition coefficient (Wildman–Crippen LogP) is 2.17. The number of rotatable bonds is 8. The van der Waals surface area contributed by atoms with Crippen molar-refractivity contribution >= 4 is 5.69 Å². The summed E-state index contributed by atoms with van der Waals surface area (Å²) in [5.41, 5.74) is -1.14. The summed E-state index contributed by atoms with van der Waals surface area (Å²) in [5.74, 6) is -0.918. The van der Waals surface area contributed by atoms with E-state index in [1.807, 2.05) is 6.92 Å². The van der Waals surface area contributed by atoms with Crippen LogP contribution in [0.4, 0.5) is 10.1 Å². The van der Waals surface area contributed by atoms with Crippen molar-refractivity contribution < 1.29 is 19.2 Å². The van der Waals surface area contributed by atoms with Crippen molar-refractivity contribution in [2.45, 2.75) is 32.8 Å². The number of halogens is 1. The number of hydrogen-bond donors (Lipinski definition) is 2. The maximum absolute atomic E-state index is 13.7. The van der Waals surface area contributed by atoms with Crippen molar-refractivity contribution in [3.05, 3.63) is 33.6 Å². The molecular formula is C14H21FN2O4. The van der Waals surface area contributed by atoms with Gasteiger partial charge in [-0.15, -0.1) is 0 Å². The molecule has 0 saturated carbocycles. The van der Waals surface area contributed by atoms with Crippen LogP contribution in [0.5, 0.6) is 5.75 Å². The smallest absolute Gasteiger partial charge is 0.275 e. The summed E-state index contributed by atoms with van der Waals surface area (Å²) >= 11 is 0. The third kappa shape index (κ3) is 5.28. The summed E-state index contributed by atoms with van der Waals surface area (Å²) in [4.78, 5) is 10.1. The van der Waals surface area contributed by atoms with E-state index in [1.165, 1.54) is 13.0 Å². The minimum absolute atomic E-state index is 0.103. The Morgan fingerprint density at radius 3 is 2.76 bits per heavy atom. The number of nitrogens with zero attached hydrogens (tertiary/aromatic N) is 1. The van der Waals surface area contributed by atoms with Gasteiger partial charge in [-0.1, -0.05) is 6.92 Å². The zero-order valence-electron chi connectivity index (χ0n) is 12.5. The van der Waals surface area contributed by atoms with Gasteiger partial charge in [-0.25, -0.2) is 4.39 Å². The van der Waals surface area contributed by atoms with Crippen LogP contribution in [0.1, 0.15) is 25.8 Å². The maximum atomic E-state index is 13.7. The SMILES string of the molecule is CCCNCC(C)(O)COc1cc(C)c([N+](=O)[O-])cc1F. The predicted molar refractivity (Wildman–Crippen MR) is 77.1 cm³/mol. The highest BCUT2D eigenvalue weighted by atomic mass is 19.1. The molecule has 118 valence electrons. The fraction of sp³-hybridized carbons (Fsp3) is 0.571. The molecule has 1 rings (SSSR count). The van der Waals surface area contributed by atoms with Crippen LogP contribution in [-0.2, 0) is 0 Å². The number of aryl methyl sites for hydroxylation is 1. The molecule has 0 aliphatic carbocycles. The van der Waals surface area contributed by atoms with Crippen LogP contribution in [0.25, 0.3) is 0 Å². The fourth-order valence-corrected chi connectivity index (χ4v) is 1.77. The van der Waals surface area contributed by atoms with Gasteiger partial charge in [0.1, 0.15) is 12.2 Å². The van der Waals surface area contributed by atoms with Crippen LogP contribution in [0.2, 0.25) is 0 Å². The fourth-order valence-electron chi connectivity index (χ4n) is 1.77. The first-order chi connectivity index (χ1) is 9.76. The molecule has 0 fully saturated rings. The molecule has 0 aliphatic heterocycles. The summed E-state index contributed by atoms with van der Waals surface area (Å²) in [6.07, 6.45) is 0.938. The molecule has 0 heterocycles. The van der Waals surface area contributed by atoms with Crippen LogP contribution in [-0.4, -0.2) is 35.3 Å². The number of nitro benzene ring substituents is 1. The van der Waals surface area contributed by atoms with Gasteiger partial charge in [0.2, 0.25) is 0 Å². The van der Waals surface area contributed by atoms with Crippen LogP contribution >= 0.6 is 0 Å². The van der Waals surface area contributed by atoms with Gasteiger partial charge in [0, 0.05) is 12.1 Å². The molecular weight excluding hydrogens is 279 g/mol. The van der Waals surface area contributed by atoms with E-state index in [4.69, 9.17) is 4.74 Å². The zero-order chi connectivity index (χ0) is 16.0. The van der Waals surface area contributed by atoms with Crippen molar-refractivity contribution in [2.75, 3.05) is 19.7 Å². The van der Waals surface area contributed by atoms with Gasteiger partial charge in [-0.05, 0) is 32.9 Å². The Hall–Kier alpha value is -1.73. The first-order valence-corrected chi connectivity index (χ1v) is 6.77. The third-order valence-electron chi connectivity index (χ3n) is 2.92. The lowest BCUT2D eigenvalue weighted by Crippen LogP contribution is -2.43. The van der Waals surface area contributed by atoms with Crippen LogP contribution in [0, 0.1) is 22.9 Å². The third-order valence-corrected chi connectivity index (χ3v) is 2.92. The van der Waals surface area contributed by atoms with Crippen LogP contribution in [0.3, 0.4) is 0 Å². The lowest BCUT2D eigenvalue weighted by atomic mass is 10.1. The molecule has 0 radical (unpaired) electrons. The number of ether oxygens (including phenoxy) is 1. The average molecular weight is 300 g/mol. The van der Waals surface area contributed by atoms with Gasteiger partial charge < -0.3 is 15.2 Å². The molecule has 0 saturated heterocycles. The Morgan fingerprint density at radius 2 is 2.19 bits per heavy atom. The zero-order valence-corrected chi connectivity index (χ0v) is 12.5. The average Bonchev–Trinajstić information content (AvgIpc) is 2.39. The van der Waals surface area contributed by atoms with Crippen LogP contribution in [0.15, 0.2) is 12.1 Å². The van der Waals surface area contributed by atoms with Gasteiger partial charge in [0.25, 0.3) is 5.69 Å². The van der Waals surface area contributed by atoms with Crippen molar-refractivity contribution in [3.8, 4) is 5.75 Å². The summed E-state index contributed by atoms with van der Waals surface area (Å²) in [6.45, 7) is 6.05. The number of nitro groups is 1. The lowest BCUT2D eigenvalue weighted by molar-refractivity contribution is -0.385. The van der Waals surface area contributed by atoms with Crippen molar-refractivity contribution in [2.24, 2.45) is 0 Å². The van der Waals surface area contributed by atoms with E-state index in [0.717, 1.165) is 19.0 Å².